The van der Waals surface area contributed by atoms with Crippen molar-refractivity contribution in [2.24, 2.45) is 5.92 Å². The third kappa shape index (κ3) is 4.76. The third-order valence-corrected chi connectivity index (χ3v) is 6.50. The van der Waals surface area contributed by atoms with Crippen molar-refractivity contribution < 1.29 is 18.7 Å². The van der Waals surface area contributed by atoms with Crippen LogP contribution in [0, 0.1) is 17.6 Å². The van der Waals surface area contributed by atoms with Gasteiger partial charge in [0.1, 0.15) is 11.3 Å². The Bertz CT molecular complexity index is 1460. The Labute approximate surface area is 212 Å². The number of nitrogens with one attached hydrogen (secondary N) is 1. The van der Waals surface area contributed by atoms with Crippen LogP contribution in [0.4, 0.5) is 20.2 Å². The summed E-state index contributed by atoms with van der Waals surface area (Å²) in [6, 6.07) is 13.1. The third-order valence-electron chi connectivity index (χ3n) is 6.21. The van der Waals surface area contributed by atoms with E-state index in [9.17, 15) is 14.3 Å². The Hall–Kier alpha value is -3.55. The molecule has 4 aromatic rings. The fraction of sp³-hybridized carbons (Fsp3) is 0.214. The standard InChI is InChI=1S/C28H24ClF2N3O2/c1-34(2)14-15-3-7-19(8-4-15)33-25-20-9-17(18-10-22(29)28(36)24(31)12-18)11-23(30)26(20)32-13-21(25)27(35)16-5-6-16/h3-4,7-13,16,36H,5-6,14H2,1-2H3,(H,32,33). The SMILES string of the molecule is CN(C)Cc1ccc(Nc2c(C(=O)C3CC3)cnc3c(F)cc(-c4cc(F)c(O)c(Cl)c4)cc23)cc1. The monoisotopic (exact) mass is 507 g/mol. The molecule has 0 saturated heterocycles. The average molecular weight is 508 g/mol. The number of fused-ring (bicyclic) bond motifs is 1. The van der Waals surface area contributed by atoms with Gasteiger partial charge in [-0.25, -0.2) is 8.78 Å². The molecule has 184 valence electrons. The molecule has 0 unspecified atom stereocenters. The highest BCUT2D eigenvalue weighted by Crippen LogP contribution is 2.40. The summed E-state index contributed by atoms with van der Waals surface area (Å²) >= 11 is 5.96. The second-order valence-corrected chi connectivity index (χ2v) is 9.80. The number of pyridine rings is 1. The van der Waals surface area contributed by atoms with Gasteiger partial charge in [-0.3, -0.25) is 9.78 Å². The van der Waals surface area contributed by atoms with Gasteiger partial charge in [0.2, 0.25) is 0 Å². The summed E-state index contributed by atoms with van der Waals surface area (Å²) in [7, 11) is 3.98. The van der Waals surface area contributed by atoms with E-state index in [1.165, 1.54) is 18.3 Å². The maximum absolute atomic E-state index is 15.3. The van der Waals surface area contributed by atoms with Crippen LogP contribution in [0.15, 0.2) is 54.7 Å². The van der Waals surface area contributed by atoms with E-state index in [-0.39, 0.29) is 27.8 Å². The van der Waals surface area contributed by atoms with Crippen LogP contribution in [0.2, 0.25) is 5.02 Å². The van der Waals surface area contributed by atoms with Gasteiger partial charge in [0.15, 0.2) is 17.3 Å². The molecule has 8 heteroatoms. The summed E-state index contributed by atoms with van der Waals surface area (Å²) in [5, 5.41) is 13.2. The molecule has 1 aliphatic rings. The van der Waals surface area contributed by atoms with Crippen molar-refractivity contribution in [3.63, 3.8) is 0 Å². The molecule has 5 nitrogen and oxygen atoms in total. The van der Waals surface area contributed by atoms with Gasteiger partial charge in [-0.1, -0.05) is 23.7 Å². The van der Waals surface area contributed by atoms with Gasteiger partial charge in [0.25, 0.3) is 0 Å². The fourth-order valence-electron chi connectivity index (χ4n) is 4.25. The van der Waals surface area contributed by atoms with Crippen LogP contribution < -0.4 is 5.32 Å². The lowest BCUT2D eigenvalue weighted by Gasteiger charge is -2.16. The van der Waals surface area contributed by atoms with E-state index in [1.54, 1.807) is 6.07 Å². The summed E-state index contributed by atoms with van der Waals surface area (Å²) < 4.78 is 29.4. The number of phenolic OH excluding ortho intramolecular Hbond substituents is 1. The Balaban J connectivity index is 1.66. The molecule has 0 radical (unpaired) electrons. The Morgan fingerprint density at radius 3 is 2.39 bits per heavy atom. The molecular weight excluding hydrogens is 484 g/mol. The van der Waals surface area contributed by atoms with E-state index in [4.69, 9.17) is 11.6 Å². The molecule has 0 aliphatic heterocycles. The van der Waals surface area contributed by atoms with E-state index in [0.29, 0.717) is 22.2 Å². The first kappa shape index (κ1) is 24.2. The van der Waals surface area contributed by atoms with Crippen LogP contribution in [0.25, 0.3) is 22.0 Å². The summed E-state index contributed by atoms with van der Waals surface area (Å²) in [6.07, 6.45) is 3.05. The molecule has 1 heterocycles. The lowest BCUT2D eigenvalue weighted by Crippen LogP contribution is -2.10. The highest BCUT2D eigenvalue weighted by atomic mass is 35.5. The number of aromatic nitrogens is 1. The largest absolute Gasteiger partial charge is 0.504 e. The summed E-state index contributed by atoms with van der Waals surface area (Å²) in [6.45, 7) is 0.782. The van der Waals surface area contributed by atoms with E-state index < -0.39 is 17.4 Å². The molecule has 0 spiro atoms. The number of rotatable bonds is 7. The zero-order valence-corrected chi connectivity index (χ0v) is 20.5. The van der Waals surface area contributed by atoms with Crippen molar-refractivity contribution >= 4 is 39.7 Å². The van der Waals surface area contributed by atoms with Gasteiger partial charge in [0, 0.05) is 29.7 Å². The molecule has 0 amide bonds. The van der Waals surface area contributed by atoms with E-state index in [2.05, 4.69) is 15.2 Å². The molecule has 3 aromatic carbocycles. The number of halogens is 3. The first-order valence-corrected chi connectivity index (χ1v) is 11.9. The number of anilines is 2. The number of benzene rings is 3. The second kappa shape index (κ2) is 9.48. The number of phenols is 1. The number of hydrogen-bond acceptors (Lipinski definition) is 5. The van der Waals surface area contributed by atoms with Crippen LogP contribution in [-0.2, 0) is 6.54 Å². The second-order valence-electron chi connectivity index (χ2n) is 9.39. The summed E-state index contributed by atoms with van der Waals surface area (Å²) in [5.41, 5.74) is 3.40. The van der Waals surface area contributed by atoms with Crippen LogP contribution in [0.5, 0.6) is 5.75 Å². The summed E-state index contributed by atoms with van der Waals surface area (Å²) in [5.74, 6) is -2.31. The smallest absolute Gasteiger partial charge is 0.170 e. The first-order chi connectivity index (χ1) is 17.2. The fourth-order valence-corrected chi connectivity index (χ4v) is 4.46. The van der Waals surface area contributed by atoms with Crippen LogP contribution >= 0.6 is 11.6 Å². The van der Waals surface area contributed by atoms with Crippen molar-refractivity contribution in [3.8, 4) is 16.9 Å². The minimum Gasteiger partial charge on any atom is -0.504 e. The highest BCUT2D eigenvalue weighted by molar-refractivity contribution is 6.32. The normalized spacial score (nSPS) is 13.4. The van der Waals surface area contributed by atoms with Gasteiger partial charge in [0.05, 0.1) is 16.3 Å². The zero-order valence-electron chi connectivity index (χ0n) is 19.8. The lowest BCUT2D eigenvalue weighted by molar-refractivity contribution is 0.0968. The van der Waals surface area contributed by atoms with Gasteiger partial charge in [-0.2, -0.15) is 0 Å². The van der Waals surface area contributed by atoms with Gasteiger partial charge >= 0.3 is 0 Å². The Morgan fingerprint density at radius 2 is 1.75 bits per heavy atom. The highest BCUT2D eigenvalue weighted by Gasteiger charge is 2.33. The number of carbonyl (C=O) groups is 1. The van der Waals surface area contributed by atoms with E-state index >= 15 is 4.39 Å². The van der Waals surface area contributed by atoms with E-state index in [0.717, 1.165) is 36.7 Å². The van der Waals surface area contributed by atoms with E-state index in [1.807, 2.05) is 38.4 Å². The molecule has 0 atom stereocenters. The molecule has 2 N–H and O–H groups in total. The Kier molecular flexibility index (Phi) is 6.36. The van der Waals surface area contributed by atoms with Crippen molar-refractivity contribution in [2.45, 2.75) is 19.4 Å². The molecule has 1 aliphatic carbocycles. The Morgan fingerprint density at radius 1 is 1.08 bits per heavy atom. The molecular formula is C28H24ClF2N3O2. The van der Waals surface area contributed by atoms with Crippen molar-refractivity contribution in [1.29, 1.82) is 0 Å². The number of Topliss-reactive ketones (excluding diaryl/α,β-unsaturated/α-hetero) is 1. The summed E-state index contributed by atoms with van der Waals surface area (Å²) in [4.78, 5) is 19.5. The predicted octanol–water partition coefficient (Wildman–Crippen LogP) is 6.94. The number of ketones is 1. The number of nitrogens with zero attached hydrogens (tertiary/aromatic N) is 2. The first-order valence-electron chi connectivity index (χ1n) is 11.6. The minimum absolute atomic E-state index is 0.0411. The average Bonchev–Trinajstić information content (AvgIpc) is 3.68. The van der Waals surface area contributed by atoms with Crippen LogP contribution in [0.1, 0.15) is 28.8 Å². The molecule has 1 fully saturated rings. The zero-order chi connectivity index (χ0) is 25.6. The minimum atomic E-state index is -0.912. The maximum atomic E-state index is 15.3. The number of carbonyl (C=O) groups excluding carboxylic acids is 1. The quantitative estimate of drug-likeness (QED) is 0.265. The van der Waals surface area contributed by atoms with Gasteiger partial charge < -0.3 is 15.3 Å². The van der Waals surface area contributed by atoms with Gasteiger partial charge in [-0.15, -0.1) is 0 Å². The van der Waals surface area contributed by atoms with Crippen molar-refractivity contribution in [1.82, 2.24) is 9.88 Å². The number of aromatic hydroxyl groups is 1. The maximum Gasteiger partial charge on any atom is 0.170 e. The van der Waals surface area contributed by atoms with Gasteiger partial charge in [-0.05, 0) is 80.0 Å². The molecule has 1 saturated carbocycles. The number of hydrogen-bond donors (Lipinski definition) is 2. The molecule has 5 rings (SSSR count). The topological polar surface area (TPSA) is 65.5 Å². The molecule has 1 aromatic heterocycles. The molecule has 36 heavy (non-hydrogen) atoms. The van der Waals surface area contributed by atoms with Crippen molar-refractivity contribution in [2.75, 3.05) is 19.4 Å². The molecule has 0 bridgehead atoms. The predicted molar refractivity (Wildman–Crippen MR) is 138 cm³/mol. The lowest BCUT2D eigenvalue weighted by atomic mass is 9.98. The van der Waals surface area contributed by atoms with Crippen LogP contribution in [-0.4, -0.2) is 34.9 Å². The van der Waals surface area contributed by atoms with Crippen molar-refractivity contribution in [3.05, 3.63) is 82.5 Å². The van der Waals surface area contributed by atoms with Crippen LogP contribution in [0.3, 0.4) is 0 Å².